The zero-order valence-electron chi connectivity index (χ0n) is 14.5. The van der Waals surface area contributed by atoms with Gasteiger partial charge in [-0.3, -0.25) is 9.59 Å². The molecular weight excluding hydrogens is 341 g/mol. The van der Waals surface area contributed by atoms with Crippen LogP contribution in [0.15, 0.2) is 24.4 Å². The molecule has 26 heavy (non-hydrogen) atoms. The van der Waals surface area contributed by atoms with E-state index in [9.17, 15) is 14.0 Å². The molecule has 1 aliphatic rings. The molecule has 2 unspecified atom stereocenters. The van der Waals surface area contributed by atoms with E-state index in [1.807, 2.05) is 6.92 Å². The average molecular weight is 361 g/mol. The number of carbonyl (C=O) groups is 2. The van der Waals surface area contributed by atoms with Crippen molar-refractivity contribution in [2.24, 2.45) is 11.7 Å². The van der Waals surface area contributed by atoms with Crippen LogP contribution < -0.4 is 20.5 Å². The van der Waals surface area contributed by atoms with Gasteiger partial charge in [-0.25, -0.2) is 9.37 Å². The van der Waals surface area contributed by atoms with Crippen molar-refractivity contribution in [3.63, 3.8) is 0 Å². The Hall–Kier alpha value is -2.90. The van der Waals surface area contributed by atoms with Gasteiger partial charge in [0.05, 0.1) is 18.7 Å². The van der Waals surface area contributed by atoms with Crippen LogP contribution in [0.5, 0.6) is 11.6 Å². The second kappa shape index (κ2) is 7.15. The lowest BCUT2D eigenvalue weighted by Gasteiger charge is -2.19. The number of hydrogen-bond donors (Lipinski definition) is 2. The molecule has 0 saturated carbocycles. The lowest BCUT2D eigenvalue weighted by Crippen LogP contribution is -2.34. The van der Waals surface area contributed by atoms with Crippen molar-refractivity contribution in [2.75, 3.05) is 13.7 Å². The van der Waals surface area contributed by atoms with E-state index in [4.69, 9.17) is 15.2 Å². The Morgan fingerprint density at radius 3 is 2.85 bits per heavy atom. The van der Waals surface area contributed by atoms with Crippen molar-refractivity contribution in [2.45, 2.75) is 25.6 Å². The molecule has 7 nitrogen and oxygen atoms in total. The van der Waals surface area contributed by atoms with Crippen LogP contribution in [0.3, 0.4) is 0 Å². The van der Waals surface area contributed by atoms with Gasteiger partial charge in [0.1, 0.15) is 12.4 Å². The van der Waals surface area contributed by atoms with Gasteiger partial charge in [0.15, 0.2) is 6.17 Å². The fourth-order valence-electron chi connectivity index (χ4n) is 3.24. The fourth-order valence-corrected chi connectivity index (χ4v) is 3.24. The Bertz CT molecular complexity index is 858. The Morgan fingerprint density at radius 1 is 1.42 bits per heavy atom. The summed E-state index contributed by atoms with van der Waals surface area (Å²) in [6.45, 7) is 1.92. The molecule has 2 heterocycles. The maximum Gasteiger partial charge on any atom is 0.255 e. The minimum atomic E-state index is -1.52. The van der Waals surface area contributed by atoms with E-state index in [2.05, 4.69) is 10.3 Å². The summed E-state index contributed by atoms with van der Waals surface area (Å²) in [6.07, 6.45) is 0.539. The molecule has 1 saturated heterocycles. The van der Waals surface area contributed by atoms with Crippen LogP contribution in [-0.4, -0.2) is 42.7 Å². The summed E-state index contributed by atoms with van der Waals surface area (Å²) in [7, 11) is 1.44. The minimum absolute atomic E-state index is 0.0939. The highest BCUT2D eigenvalue weighted by Crippen LogP contribution is 2.31. The van der Waals surface area contributed by atoms with Gasteiger partial charge in [-0.15, -0.1) is 0 Å². The number of nitrogens with zero attached hydrogens (tertiary/aromatic N) is 1. The monoisotopic (exact) mass is 361 g/mol. The number of fused-ring (bicyclic) bond motifs is 1. The SMILES string of the molecule is CCC1C(COc2nccc3cc(C(N)=O)c(OC)cc23)NC(=O)[C@@H]1F. The van der Waals surface area contributed by atoms with E-state index in [-0.39, 0.29) is 12.2 Å². The van der Waals surface area contributed by atoms with Gasteiger partial charge in [-0.2, -0.15) is 0 Å². The number of hydrogen-bond acceptors (Lipinski definition) is 5. The number of pyridine rings is 1. The number of halogens is 1. The fraction of sp³-hybridized carbons (Fsp3) is 0.389. The molecule has 1 aromatic heterocycles. The van der Waals surface area contributed by atoms with E-state index >= 15 is 0 Å². The zero-order chi connectivity index (χ0) is 18.8. The summed E-state index contributed by atoms with van der Waals surface area (Å²) in [4.78, 5) is 27.3. The van der Waals surface area contributed by atoms with Crippen molar-refractivity contribution in [3.05, 3.63) is 30.0 Å². The number of rotatable bonds is 6. The Morgan fingerprint density at radius 2 is 2.19 bits per heavy atom. The van der Waals surface area contributed by atoms with E-state index in [0.29, 0.717) is 28.8 Å². The predicted octanol–water partition coefficient (Wildman–Crippen LogP) is 1.58. The summed E-state index contributed by atoms with van der Waals surface area (Å²) in [5, 5.41) is 3.95. The predicted molar refractivity (Wildman–Crippen MR) is 92.9 cm³/mol. The molecule has 3 atom stereocenters. The number of nitrogens with two attached hydrogens (primary N) is 1. The van der Waals surface area contributed by atoms with Crippen molar-refractivity contribution in [1.82, 2.24) is 10.3 Å². The van der Waals surface area contributed by atoms with Crippen LogP contribution in [0, 0.1) is 5.92 Å². The molecule has 1 aromatic carbocycles. The maximum atomic E-state index is 13.9. The number of primary amides is 1. The summed E-state index contributed by atoms with van der Waals surface area (Å²) in [5.74, 6) is -1.02. The molecule has 138 valence electrons. The molecule has 1 fully saturated rings. The lowest BCUT2D eigenvalue weighted by atomic mass is 9.97. The topological polar surface area (TPSA) is 104 Å². The van der Waals surface area contributed by atoms with Crippen molar-refractivity contribution < 1.29 is 23.5 Å². The smallest absolute Gasteiger partial charge is 0.255 e. The number of ether oxygens (including phenoxy) is 2. The summed E-state index contributed by atoms with van der Waals surface area (Å²) >= 11 is 0. The molecule has 8 heteroatoms. The summed E-state index contributed by atoms with van der Waals surface area (Å²) < 4.78 is 24.9. The Kier molecular flexibility index (Phi) is 4.92. The first-order valence-electron chi connectivity index (χ1n) is 8.30. The van der Waals surface area contributed by atoms with E-state index in [1.54, 1.807) is 18.2 Å². The van der Waals surface area contributed by atoms with E-state index in [0.717, 1.165) is 0 Å². The van der Waals surface area contributed by atoms with Gasteiger partial charge in [0, 0.05) is 17.5 Å². The van der Waals surface area contributed by atoms with E-state index in [1.165, 1.54) is 13.3 Å². The average Bonchev–Trinajstić information content (AvgIpc) is 2.91. The highest BCUT2D eigenvalue weighted by Gasteiger charge is 2.41. The highest BCUT2D eigenvalue weighted by molar-refractivity contribution is 6.01. The zero-order valence-corrected chi connectivity index (χ0v) is 14.5. The third kappa shape index (κ3) is 3.14. The molecule has 3 N–H and O–H groups in total. The second-order valence-corrected chi connectivity index (χ2v) is 6.15. The van der Waals surface area contributed by atoms with Crippen LogP contribution in [0.1, 0.15) is 23.7 Å². The molecule has 0 bridgehead atoms. The molecule has 0 radical (unpaired) electrons. The Labute approximate surface area is 149 Å². The molecule has 3 rings (SSSR count). The van der Waals surface area contributed by atoms with Gasteiger partial charge in [0.25, 0.3) is 11.8 Å². The summed E-state index contributed by atoms with van der Waals surface area (Å²) in [6, 6.07) is 4.53. The van der Waals surface area contributed by atoms with Gasteiger partial charge < -0.3 is 20.5 Å². The number of alkyl halides is 1. The molecule has 1 aliphatic heterocycles. The van der Waals surface area contributed by atoms with Crippen molar-refractivity contribution in [3.8, 4) is 11.6 Å². The first-order valence-corrected chi connectivity index (χ1v) is 8.30. The van der Waals surface area contributed by atoms with Gasteiger partial charge >= 0.3 is 0 Å². The van der Waals surface area contributed by atoms with Gasteiger partial charge in [0.2, 0.25) is 5.88 Å². The van der Waals surface area contributed by atoms with E-state index < -0.39 is 29.9 Å². The minimum Gasteiger partial charge on any atom is -0.496 e. The first-order chi connectivity index (χ1) is 12.5. The normalized spacial score (nSPS) is 22.3. The number of benzene rings is 1. The standard InChI is InChI=1S/C18H20FN3O4/c1-3-10-13(22-17(24)15(10)19)8-26-18-11-7-14(25-2)12(16(20)23)6-9(11)4-5-21-18/h4-7,10,13,15H,3,8H2,1-2H3,(H2,20,23)(H,22,24)/t10?,13?,15-/m1/s1. The third-order valence-corrected chi connectivity index (χ3v) is 4.66. The number of aromatic nitrogens is 1. The van der Waals surface area contributed by atoms with Crippen molar-refractivity contribution in [1.29, 1.82) is 0 Å². The van der Waals surface area contributed by atoms with Crippen LogP contribution in [-0.2, 0) is 4.79 Å². The molecular formula is C18H20FN3O4. The lowest BCUT2D eigenvalue weighted by molar-refractivity contribution is -0.123. The number of methoxy groups -OCH3 is 1. The number of nitrogens with one attached hydrogen (secondary N) is 1. The first kappa shape index (κ1) is 17.9. The Balaban J connectivity index is 1.89. The number of carbonyl (C=O) groups excluding carboxylic acids is 2. The van der Waals surface area contributed by atoms with Crippen LogP contribution in [0.2, 0.25) is 0 Å². The van der Waals surface area contributed by atoms with Crippen LogP contribution in [0.25, 0.3) is 10.8 Å². The molecule has 0 aliphatic carbocycles. The number of amides is 2. The van der Waals surface area contributed by atoms with Crippen LogP contribution >= 0.6 is 0 Å². The van der Waals surface area contributed by atoms with Gasteiger partial charge in [-0.1, -0.05) is 6.92 Å². The van der Waals surface area contributed by atoms with Crippen LogP contribution in [0.4, 0.5) is 4.39 Å². The molecule has 0 spiro atoms. The van der Waals surface area contributed by atoms with Crippen molar-refractivity contribution >= 4 is 22.6 Å². The van der Waals surface area contributed by atoms with Gasteiger partial charge in [-0.05, 0) is 30.0 Å². The molecule has 2 amide bonds. The summed E-state index contributed by atoms with van der Waals surface area (Å²) in [5.41, 5.74) is 5.63. The largest absolute Gasteiger partial charge is 0.496 e. The quantitative estimate of drug-likeness (QED) is 0.813. The second-order valence-electron chi connectivity index (χ2n) is 6.15. The maximum absolute atomic E-state index is 13.9. The third-order valence-electron chi connectivity index (χ3n) is 4.66. The molecule has 2 aromatic rings. The highest BCUT2D eigenvalue weighted by atomic mass is 19.1.